The quantitative estimate of drug-likeness (QED) is 0.763. The van der Waals surface area contributed by atoms with Crippen LogP contribution in [0.3, 0.4) is 0 Å². The van der Waals surface area contributed by atoms with Gasteiger partial charge in [0.1, 0.15) is 0 Å². The van der Waals surface area contributed by atoms with Crippen LogP contribution in [0, 0.1) is 0 Å². The number of ketones is 1. The Morgan fingerprint density at radius 2 is 2.00 bits per heavy atom. The van der Waals surface area contributed by atoms with E-state index in [1.807, 2.05) is 36.5 Å². The van der Waals surface area contributed by atoms with E-state index >= 15 is 0 Å². The zero-order valence-corrected chi connectivity index (χ0v) is 13.3. The van der Waals surface area contributed by atoms with E-state index < -0.39 is 0 Å². The Labute approximate surface area is 127 Å². The third-order valence-corrected chi connectivity index (χ3v) is 3.60. The maximum absolute atomic E-state index is 12.4. The van der Waals surface area contributed by atoms with Crippen molar-refractivity contribution in [1.82, 2.24) is 10.6 Å². The molecule has 0 saturated heterocycles. The lowest BCUT2D eigenvalue weighted by atomic mass is 9.93. The first-order chi connectivity index (χ1) is 9.96. The van der Waals surface area contributed by atoms with Crippen molar-refractivity contribution in [2.24, 2.45) is 0 Å². The molecule has 2 bridgehead atoms. The van der Waals surface area contributed by atoms with Crippen molar-refractivity contribution < 1.29 is 4.79 Å². The molecule has 1 aliphatic carbocycles. The smallest absolute Gasteiger partial charge is 0.185 e. The Kier molecular flexibility index (Phi) is 5.18. The molecule has 21 heavy (non-hydrogen) atoms. The normalized spacial score (nSPS) is 25.3. The van der Waals surface area contributed by atoms with Gasteiger partial charge in [-0.15, -0.1) is 0 Å². The average Bonchev–Trinajstić information content (AvgIpc) is 2.37. The zero-order chi connectivity index (χ0) is 15.3. The van der Waals surface area contributed by atoms with Crippen molar-refractivity contribution in [3.63, 3.8) is 0 Å². The minimum Gasteiger partial charge on any atom is -0.375 e. The van der Waals surface area contributed by atoms with Crippen LogP contribution in [-0.4, -0.2) is 23.9 Å². The van der Waals surface area contributed by atoms with Gasteiger partial charge in [0.15, 0.2) is 5.78 Å². The van der Waals surface area contributed by atoms with E-state index in [-0.39, 0.29) is 17.4 Å². The van der Waals surface area contributed by atoms with Gasteiger partial charge in [-0.3, -0.25) is 4.79 Å². The predicted molar refractivity (Wildman–Crippen MR) is 88.0 cm³/mol. The van der Waals surface area contributed by atoms with Crippen LogP contribution in [0.25, 0.3) is 0 Å². The first kappa shape index (κ1) is 15.8. The highest BCUT2D eigenvalue weighted by Gasteiger charge is 2.25. The number of Topliss-reactive ketones (excluding diaryl/α,β-unsaturated/α-hetero) is 1. The number of hydrogen-bond acceptors (Lipinski definition) is 3. The second-order valence-corrected chi connectivity index (χ2v) is 6.70. The molecule has 1 heterocycles. The summed E-state index contributed by atoms with van der Waals surface area (Å²) in [6.45, 7) is 7.52. The van der Waals surface area contributed by atoms with Gasteiger partial charge in [-0.05, 0) is 58.7 Å². The molecule has 114 valence electrons. The Balaban J connectivity index is 1.83. The molecule has 2 N–H and O–H groups in total. The maximum atomic E-state index is 12.4. The summed E-state index contributed by atoms with van der Waals surface area (Å²) in [4.78, 5) is 12.4. The molecule has 2 rings (SSSR count). The van der Waals surface area contributed by atoms with Crippen molar-refractivity contribution in [2.75, 3.05) is 6.54 Å². The largest absolute Gasteiger partial charge is 0.375 e. The van der Waals surface area contributed by atoms with Crippen LogP contribution < -0.4 is 10.6 Å². The molecule has 0 fully saturated rings. The zero-order valence-electron chi connectivity index (χ0n) is 13.3. The van der Waals surface area contributed by atoms with E-state index in [9.17, 15) is 4.79 Å². The van der Waals surface area contributed by atoms with E-state index in [0.29, 0.717) is 0 Å². The number of carbonyl (C=O) groups excluding carboxylic acids is 1. The topological polar surface area (TPSA) is 41.1 Å². The fourth-order valence-electron chi connectivity index (χ4n) is 2.50. The van der Waals surface area contributed by atoms with Gasteiger partial charge >= 0.3 is 0 Å². The molecule has 2 aliphatic rings. The van der Waals surface area contributed by atoms with Crippen LogP contribution >= 0.6 is 0 Å². The highest BCUT2D eigenvalue weighted by Crippen LogP contribution is 2.19. The van der Waals surface area contributed by atoms with Crippen LogP contribution in [0.1, 0.15) is 40.0 Å². The number of unbranched alkanes of at least 4 members (excludes halogenated alkanes) is 1. The lowest BCUT2D eigenvalue weighted by molar-refractivity contribution is -0.117. The Hall–Kier alpha value is -1.61. The molecule has 0 spiro atoms. The van der Waals surface area contributed by atoms with Crippen LogP contribution in [-0.2, 0) is 4.79 Å². The monoisotopic (exact) mass is 286 g/mol. The number of allylic oxidation sites excluding steroid dienone is 6. The Morgan fingerprint density at radius 3 is 2.76 bits per heavy atom. The van der Waals surface area contributed by atoms with Crippen LogP contribution in [0.4, 0.5) is 0 Å². The van der Waals surface area contributed by atoms with Gasteiger partial charge in [-0.1, -0.05) is 24.3 Å². The molecule has 1 aliphatic heterocycles. The maximum Gasteiger partial charge on any atom is 0.185 e. The average molecular weight is 286 g/mol. The molecule has 1 unspecified atom stereocenters. The van der Waals surface area contributed by atoms with E-state index in [0.717, 1.165) is 37.1 Å². The first-order valence-electron chi connectivity index (χ1n) is 7.78. The minimum absolute atomic E-state index is 0.0814. The molecule has 0 amide bonds. The summed E-state index contributed by atoms with van der Waals surface area (Å²) in [7, 11) is 0. The number of carbonyl (C=O) groups is 1. The molecular formula is C18H26N2O. The van der Waals surface area contributed by atoms with Crippen molar-refractivity contribution in [2.45, 2.75) is 51.6 Å². The van der Waals surface area contributed by atoms with Crippen LogP contribution in [0.2, 0.25) is 0 Å². The third kappa shape index (κ3) is 5.01. The number of nitrogens with one attached hydrogen (secondary N) is 2. The van der Waals surface area contributed by atoms with Gasteiger partial charge in [0, 0.05) is 16.8 Å². The summed E-state index contributed by atoms with van der Waals surface area (Å²) >= 11 is 0. The van der Waals surface area contributed by atoms with Crippen LogP contribution in [0.5, 0.6) is 0 Å². The van der Waals surface area contributed by atoms with E-state index in [4.69, 9.17) is 0 Å². The predicted octanol–water partition coefficient (Wildman–Crippen LogP) is 3.02. The van der Waals surface area contributed by atoms with Gasteiger partial charge in [-0.25, -0.2) is 0 Å². The molecule has 0 aromatic rings. The molecule has 3 nitrogen and oxygen atoms in total. The van der Waals surface area contributed by atoms with Crippen molar-refractivity contribution >= 4 is 5.78 Å². The second-order valence-electron chi connectivity index (χ2n) is 6.70. The SMILES string of the molecule is CC(C)(C)NCCCCC1NC2=C/C(=C\C=C/C=C2)C1=O. The van der Waals surface area contributed by atoms with E-state index in [1.165, 1.54) is 0 Å². The highest BCUT2D eigenvalue weighted by molar-refractivity contribution is 6.03. The standard InChI is InChI=1S/C18H26N2O/c1-18(2,3)19-12-8-7-11-16-17(21)14-9-5-4-6-10-15(13-14)20-16/h4-6,9-10,13,16,19-20H,7-8,11-12H2,1-3H3/b5-4-,6-4?,9-5?,10-6?,14-9+,15-10?. The van der Waals surface area contributed by atoms with E-state index in [2.05, 4.69) is 31.4 Å². The second kappa shape index (κ2) is 6.90. The lowest BCUT2D eigenvalue weighted by Gasteiger charge is -2.25. The summed E-state index contributed by atoms with van der Waals surface area (Å²) in [6.07, 6.45) is 14.7. The minimum atomic E-state index is -0.0814. The molecule has 0 saturated carbocycles. The van der Waals surface area contributed by atoms with Crippen LogP contribution in [0.15, 0.2) is 47.7 Å². The van der Waals surface area contributed by atoms with Crippen molar-refractivity contribution in [1.29, 1.82) is 0 Å². The highest BCUT2D eigenvalue weighted by atomic mass is 16.1. The number of hydrogen-bond donors (Lipinski definition) is 2. The molecule has 1 atom stereocenters. The number of rotatable bonds is 5. The molecule has 0 radical (unpaired) electrons. The summed E-state index contributed by atoms with van der Waals surface area (Å²) in [5.41, 5.74) is 2.00. The summed E-state index contributed by atoms with van der Waals surface area (Å²) in [5, 5.41) is 6.82. The van der Waals surface area contributed by atoms with Gasteiger partial charge in [0.25, 0.3) is 0 Å². The van der Waals surface area contributed by atoms with Crippen molar-refractivity contribution in [3.05, 3.63) is 47.7 Å². The number of fused-ring (bicyclic) bond motifs is 1. The Morgan fingerprint density at radius 1 is 1.19 bits per heavy atom. The summed E-state index contributed by atoms with van der Waals surface area (Å²) < 4.78 is 0. The molecular weight excluding hydrogens is 260 g/mol. The van der Waals surface area contributed by atoms with Gasteiger partial charge in [-0.2, -0.15) is 0 Å². The summed E-state index contributed by atoms with van der Waals surface area (Å²) in [5.74, 6) is 0.211. The lowest BCUT2D eigenvalue weighted by Crippen LogP contribution is -2.40. The Bertz CT molecular complexity index is 504. The molecule has 3 heteroatoms. The first-order valence-corrected chi connectivity index (χ1v) is 7.78. The van der Waals surface area contributed by atoms with Gasteiger partial charge < -0.3 is 10.6 Å². The molecule has 0 aromatic heterocycles. The van der Waals surface area contributed by atoms with Gasteiger partial charge in [0.2, 0.25) is 0 Å². The van der Waals surface area contributed by atoms with Crippen molar-refractivity contribution in [3.8, 4) is 0 Å². The fourth-order valence-corrected chi connectivity index (χ4v) is 2.50. The van der Waals surface area contributed by atoms with E-state index in [1.54, 1.807) is 0 Å². The van der Waals surface area contributed by atoms with Gasteiger partial charge in [0.05, 0.1) is 6.04 Å². The summed E-state index contributed by atoms with van der Waals surface area (Å²) in [6, 6.07) is -0.0814. The third-order valence-electron chi connectivity index (χ3n) is 3.60. The fraction of sp³-hybridized carbons (Fsp3) is 0.500. The molecule has 0 aromatic carbocycles.